The van der Waals surface area contributed by atoms with E-state index in [-0.39, 0.29) is 11.6 Å². The third-order valence-corrected chi connectivity index (χ3v) is 4.05. The molecule has 0 N–H and O–H groups in total. The SMILES string of the molecule is Cc1cn2cc(-c3ccc(F)cc3)nc2c(-c2ccc(F)cc2)[n+]1[O-]. The van der Waals surface area contributed by atoms with Crippen LogP contribution in [0.2, 0.25) is 0 Å². The highest BCUT2D eigenvalue weighted by atomic mass is 19.1. The second-order valence-electron chi connectivity index (χ2n) is 5.78. The maximum Gasteiger partial charge on any atom is 0.267 e. The molecule has 0 aliphatic carbocycles. The smallest absolute Gasteiger partial charge is 0.267 e. The molecule has 2 aromatic heterocycles. The Bertz CT molecular complexity index is 1070. The summed E-state index contributed by atoms with van der Waals surface area (Å²) < 4.78 is 28.9. The third-order valence-electron chi connectivity index (χ3n) is 4.05. The van der Waals surface area contributed by atoms with Gasteiger partial charge in [0.25, 0.3) is 5.69 Å². The number of aryl methyl sites for hydroxylation is 1. The number of imidazole rings is 1. The lowest BCUT2D eigenvalue weighted by atomic mass is 10.1. The minimum atomic E-state index is -0.375. The molecule has 0 aliphatic rings. The number of benzene rings is 2. The molecular formula is C19H13F2N3O. The van der Waals surface area contributed by atoms with Gasteiger partial charge < -0.3 is 5.21 Å². The minimum absolute atomic E-state index is 0.326. The van der Waals surface area contributed by atoms with Gasteiger partial charge in [-0.25, -0.2) is 13.8 Å². The van der Waals surface area contributed by atoms with Gasteiger partial charge in [0.15, 0.2) is 0 Å². The number of rotatable bonds is 2. The van der Waals surface area contributed by atoms with Crippen molar-refractivity contribution in [3.8, 4) is 22.5 Å². The van der Waals surface area contributed by atoms with Crippen molar-refractivity contribution in [3.63, 3.8) is 0 Å². The molecule has 0 fully saturated rings. The summed E-state index contributed by atoms with van der Waals surface area (Å²) in [4.78, 5) is 4.54. The quantitative estimate of drug-likeness (QED) is 0.411. The summed E-state index contributed by atoms with van der Waals surface area (Å²) in [6.07, 6.45) is 3.46. The van der Waals surface area contributed by atoms with Gasteiger partial charge in [0.2, 0.25) is 11.3 Å². The van der Waals surface area contributed by atoms with Crippen molar-refractivity contribution in [1.82, 2.24) is 9.38 Å². The molecule has 0 unspecified atom stereocenters. The fourth-order valence-corrected chi connectivity index (χ4v) is 2.80. The van der Waals surface area contributed by atoms with E-state index in [9.17, 15) is 14.0 Å². The number of aromatic nitrogens is 3. The summed E-state index contributed by atoms with van der Waals surface area (Å²) in [6.45, 7) is 1.69. The van der Waals surface area contributed by atoms with Crippen LogP contribution in [0, 0.1) is 23.8 Å². The number of fused-ring (bicyclic) bond motifs is 1. The largest absolute Gasteiger partial charge is 0.618 e. The number of hydrogen-bond donors (Lipinski definition) is 0. The van der Waals surface area contributed by atoms with Gasteiger partial charge >= 0.3 is 0 Å². The lowest BCUT2D eigenvalue weighted by molar-refractivity contribution is -0.600. The molecule has 4 nitrogen and oxygen atoms in total. The normalized spacial score (nSPS) is 11.2. The monoisotopic (exact) mass is 337 g/mol. The van der Waals surface area contributed by atoms with Crippen molar-refractivity contribution in [3.05, 3.63) is 83.5 Å². The van der Waals surface area contributed by atoms with Crippen LogP contribution in [0.15, 0.2) is 60.9 Å². The number of nitrogens with zero attached hydrogens (tertiary/aromatic N) is 3. The predicted molar refractivity (Wildman–Crippen MR) is 89.7 cm³/mol. The van der Waals surface area contributed by atoms with E-state index >= 15 is 0 Å². The molecule has 0 bridgehead atoms. The molecule has 6 heteroatoms. The molecule has 0 saturated carbocycles. The Kier molecular flexibility index (Phi) is 3.46. The molecule has 25 heavy (non-hydrogen) atoms. The average Bonchev–Trinajstić information content (AvgIpc) is 3.01. The van der Waals surface area contributed by atoms with Crippen molar-refractivity contribution in [2.75, 3.05) is 0 Å². The maximum absolute atomic E-state index is 13.2. The topological polar surface area (TPSA) is 44.2 Å². The summed E-state index contributed by atoms with van der Waals surface area (Å²) in [6, 6.07) is 11.7. The highest BCUT2D eigenvalue weighted by Gasteiger charge is 2.20. The van der Waals surface area contributed by atoms with Crippen molar-refractivity contribution >= 4 is 5.65 Å². The van der Waals surface area contributed by atoms with Gasteiger partial charge in [-0.3, -0.25) is 4.40 Å². The van der Waals surface area contributed by atoms with Gasteiger partial charge in [0.05, 0.1) is 17.5 Å². The molecular weight excluding hydrogens is 324 g/mol. The Morgan fingerprint density at radius 2 is 1.44 bits per heavy atom. The van der Waals surface area contributed by atoms with Gasteiger partial charge in [0, 0.05) is 18.7 Å². The fourth-order valence-electron chi connectivity index (χ4n) is 2.80. The molecule has 2 heterocycles. The van der Waals surface area contributed by atoms with Crippen molar-refractivity contribution in [1.29, 1.82) is 0 Å². The summed E-state index contributed by atoms with van der Waals surface area (Å²) >= 11 is 0. The van der Waals surface area contributed by atoms with Crippen LogP contribution in [0.25, 0.3) is 28.2 Å². The van der Waals surface area contributed by atoms with E-state index in [0.717, 1.165) is 10.3 Å². The Labute approximate surface area is 142 Å². The van der Waals surface area contributed by atoms with Crippen molar-refractivity contribution in [2.24, 2.45) is 0 Å². The van der Waals surface area contributed by atoms with Gasteiger partial charge in [-0.15, -0.1) is 0 Å². The van der Waals surface area contributed by atoms with Crippen LogP contribution in [0.3, 0.4) is 0 Å². The van der Waals surface area contributed by atoms with Gasteiger partial charge in [0.1, 0.15) is 11.6 Å². The molecule has 0 spiro atoms. The molecule has 0 amide bonds. The van der Waals surface area contributed by atoms with Gasteiger partial charge in [-0.1, -0.05) is 0 Å². The van der Waals surface area contributed by atoms with Crippen LogP contribution in [0.4, 0.5) is 8.78 Å². The van der Waals surface area contributed by atoms with E-state index in [1.807, 2.05) is 0 Å². The maximum atomic E-state index is 13.2. The molecule has 4 aromatic rings. The number of hydrogen-bond acceptors (Lipinski definition) is 2. The summed E-state index contributed by atoms with van der Waals surface area (Å²) in [5, 5.41) is 12.6. The minimum Gasteiger partial charge on any atom is -0.618 e. The second-order valence-corrected chi connectivity index (χ2v) is 5.78. The third kappa shape index (κ3) is 2.61. The Morgan fingerprint density at radius 1 is 0.880 bits per heavy atom. The van der Waals surface area contributed by atoms with E-state index in [0.29, 0.717) is 28.3 Å². The first-order chi connectivity index (χ1) is 12.0. The second kappa shape index (κ2) is 5.66. The van der Waals surface area contributed by atoms with Crippen LogP contribution in [0.5, 0.6) is 0 Å². The summed E-state index contributed by atoms with van der Waals surface area (Å²) in [5.74, 6) is -0.701. The van der Waals surface area contributed by atoms with Crippen LogP contribution in [-0.2, 0) is 0 Å². The fraction of sp³-hybridized carbons (Fsp3) is 0.0526. The van der Waals surface area contributed by atoms with E-state index in [4.69, 9.17) is 0 Å². The first kappa shape index (κ1) is 15.3. The Hall–Kier alpha value is -3.28. The molecule has 124 valence electrons. The molecule has 0 radical (unpaired) electrons. The van der Waals surface area contributed by atoms with Crippen molar-refractivity contribution < 1.29 is 13.5 Å². The molecule has 4 rings (SSSR count). The zero-order chi connectivity index (χ0) is 17.6. The first-order valence-corrected chi connectivity index (χ1v) is 7.67. The Balaban J connectivity index is 1.96. The zero-order valence-corrected chi connectivity index (χ0v) is 13.3. The van der Waals surface area contributed by atoms with Crippen LogP contribution >= 0.6 is 0 Å². The van der Waals surface area contributed by atoms with E-state index in [1.165, 1.54) is 24.3 Å². The van der Waals surface area contributed by atoms with Crippen LogP contribution in [0.1, 0.15) is 5.69 Å². The molecule has 0 aliphatic heterocycles. The van der Waals surface area contributed by atoms with Crippen LogP contribution in [-0.4, -0.2) is 9.38 Å². The van der Waals surface area contributed by atoms with E-state index in [2.05, 4.69) is 4.98 Å². The lowest BCUT2D eigenvalue weighted by Crippen LogP contribution is -2.34. The summed E-state index contributed by atoms with van der Waals surface area (Å²) in [5.41, 5.74) is 3.20. The Morgan fingerprint density at radius 3 is 2.04 bits per heavy atom. The molecule has 0 atom stereocenters. The average molecular weight is 337 g/mol. The zero-order valence-electron chi connectivity index (χ0n) is 13.3. The van der Waals surface area contributed by atoms with Gasteiger partial charge in [-0.2, -0.15) is 4.73 Å². The number of halogens is 2. The van der Waals surface area contributed by atoms with Crippen LogP contribution < -0.4 is 4.73 Å². The van der Waals surface area contributed by atoms with Gasteiger partial charge in [-0.05, 0) is 48.5 Å². The standard InChI is InChI=1S/C19H13F2N3O/c1-12-10-23-11-17(13-2-6-15(20)7-3-13)22-19(23)18(24(12)25)14-4-8-16(21)9-5-14/h2-11H,1H3. The molecule has 2 aromatic carbocycles. The van der Waals surface area contributed by atoms with E-state index < -0.39 is 0 Å². The highest BCUT2D eigenvalue weighted by molar-refractivity contribution is 5.74. The summed E-state index contributed by atoms with van der Waals surface area (Å²) in [7, 11) is 0. The highest BCUT2D eigenvalue weighted by Crippen LogP contribution is 2.25. The lowest BCUT2D eigenvalue weighted by Gasteiger charge is -2.08. The van der Waals surface area contributed by atoms with E-state index in [1.54, 1.807) is 48.0 Å². The van der Waals surface area contributed by atoms with Crippen molar-refractivity contribution in [2.45, 2.75) is 6.92 Å². The molecule has 0 saturated heterocycles. The predicted octanol–water partition coefficient (Wildman–Crippen LogP) is 3.89. The first-order valence-electron chi connectivity index (χ1n) is 7.67.